The molecule has 2 N–H and O–H groups in total. The second-order valence-corrected chi connectivity index (χ2v) is 7.12. The monoisotopic (exact) mass is 372 g/mol. The molecule has 0 radical (unpaired) electrons. The maximum absolute atomic E-state index is 12.6. The number of thioether (sulfide) groups is 1. The molecule has 2 atom stereocenters. The number of fused-ring (bicyclic) bond motifs is 1. The largest absolute Gasteiger partial charge is 0.479 e. The molecule has 0 saturated carbocycles. The summed E-state index contributed by atoms with van der Waals surface area (Å²) in [6.45, 7) is 1.75. The Morgan fingerprint density at radius 1 is 1.23 bits per heavy atom. The second-order valence-electron chi connectivity index (χ2n) is 6.12. The number of nitrogens with one attached hydrogen (secondary N) is 1. The van der Waals surface area contributed by atoms with Crippen LogP contribution in [0, 0.1) is 0 Å². The third kappa shape index (κ3) is 3.67. The van der Waals surface area contributed by atoms with E-state index < -0.39 is 24.0 Å². The Morgan fingerprint density at radius 3 is 2.65 bits per heavy atom. The first-order chi connectivity index (χ1) is 12.5. The van der Waals surface area contributed by atoms with Gasteiger partial charge in [0.2, 0.25) is 11.8 Å². The highest BCUT2D eigenvalue weighted by Gasteiger charge is 2.36. The highest BCUT2D eigenvalue weighted by Crippen LogP contribution is 2.24. The molecule has 1 aliphatic rings. The van der Waals surface area contributed by atoms with Crippen molar-refractivity contribution in [3.8, 4) is 0 Å². The predicted molar refractivity (Wildman–Crippen MR) is 101 cm³/mol. The summed E-state index contributed by atoms with van der Waals surface area (Å²) in [6.07, 6.45) is 0.317. The van der Waals surface area contributed by atoms with Gasteiger partial charge in [-0.15, -0.1) is 11.8 Å². The number of nitrogens with zero attached hydrogens (tertiary/aromatic N) is 1. The molecule has 0 spiro atoms. The standard InChI is InChI=1S/C19H20N2O4S/c1-2-16(22)21-11-26-10-15(21)18(23)20-17(19(24)25)14-8-7-12-5-3-4-6-13(12)9-14/h3-9,15,17H,2,10-11H2,1H3,(H,20,23)(H,24,25). The van der Waals surface area contributed by atoms with Crippen LogP contribution in [-0.4, -0.2) is 45.5 Å². The number of benzene rings is 2. The zero-order valence-corrected chi connectivity index (χ0v) is 15.2. The van der Waals surface area contributed by atoms with Crippen LogP contribution in [0.15, 0.2) is 42.5 Å². The van der Waals surface area contributed by atoms with E-state index in [0.717, 1.165) is 10.8 Å². The lowest BCUT2D eigenvalue weighted by atomic mass is 10.0. The molecule has 1 fully saturated rings. The van der Waals surface area contributed by atoms with Crippen LogP contribution in [0.5, 0.6) is 0 Å². The van der Waals surface area contributed by atoms with E-state index in [-0.39, 0.29) is 5.91 Å². The second kappa shape index (κ2) is 7.78. The SMILES string of the molecule is CCC(=O)N1CSCC1C(=O)NC(C(=O)O)c1ccc2ccccc2c1. The molecule has 0 aliphatic carbocycles. The lowest BCUT2D eigenvalue weighted by Gasteiger charge is -2.24. The molecule has 3 rings (SSSR count). The Morgan fingerprint density at radius 2 is 1.96 bits per heavy atom. The molecule has 1 heterocycles. The van der Waals surface area contributed by atoms with Gasteiger partial charge < -0.3 is 15.3 Å². The van der Waals surface area contributed by atoms with E-state index >= 15 is 0 Å². The normalized spacial score (nSPS) is 17.9. The fraction of sp³-hybridized carbons (Fsp3) is 0.316. The minimum atomic E-state index is -1.16. The van der Waals surface area contributed by atoms with Crippen LogP contribution < -0.4 is 5.32 Å². The van der Waals surface area contributed by atoms with E-state index in [9.17, 15) is 19.5 Å². The molecule has 26 heavy (non-hydrogen) atoms. The summed E-state index contributed by atoms with van der Waals surface area (Å²) in [5.41, 5.74) is 0.503. The summed E-state index contributed by atoms with van der Waals surface area (Å²) in [7, 11) is 0. The van der Waals surface area contributed by atoms with E-state index in [1.165, 1.54) is 16.7 Å². The summed E-state index contributed by atoms with van der Waals surface area (Å²) in [5.74, 6) is -0.738. The lowest BCUT2D eigenvalue weighted by Crippen LogP contribution is -2.49. The van der Waals surface area contributed by atoms with Crippen molar-refractivity contribution in [1.82, 2.24) is 10.2 Å². The number of carbonyl (C=O) groups excluding carboxylic acids is 2. The number of carboxylic acids is 1. The van der Waals surface area contributed by atoms with Crippen LogP contribution in [-0.2, 0) is 14.4 Å². The molecule has 6 nitrogen and oxygen atoms in total. The van der Waals surface area contributed by atoms with Crippen molar-refractivity contribution in [2.24, 2.45) is 0 Å². The topological polar surface area (TPSA) is 86.7 Å². The summed E-state index contributed by atoms with van der Waals surface area (Å²) in [5, 5.41) is 14.1. The third-order valence-electron chi connectivity index (χ3n) is 4.45. The van der Waals surface area contributed by atoms with Crippen LogP contribution in [0.1, 0.15) is 24.9 Å². The quantitative estimate of drug-likeness (QED) is 0.842. The van der Waals surface area contributed by atoms with Crippen LogP contribution >= 0.6 is 11.8 Å². The minimum absolute atomic E-state index is 0.104. The van der Waals surface area contributed by atoms with Crippen LogP contribution in [0.4, 0.5) is 0 Å². The molecule has 7 heteroatoms. The van der Waals surface area contributed by atoms with E-state index in [4.69, 9.17) is 0 Å². The van der Waals surface area contributed by atoms with Crippen molar-refractivity contribution in [2.75, 3.05) is 11.6 Å². The lowest BCUT2D eigenvalue weighted by molar-refractivity contribution is -0.143. The van der Waals surface area contributed by atoms with Crippen LogP contribution in [0.2, 0.25) is 0 Å². The number of amides is 2. The molecular weight excluding hydrogens is 352 g/mol. The van der Waals surface area contributed by atoms with Crippen molar-refractivity contribution >= 4 is 40.3 Å². The van der Waals surface area contributed by atoms with Gasteiger partial charge in [-0.05, 0) is 22.4 Å². The average molecular weight is 372 g/mol. The van der Waals surface area contributed by atoms with Crippen molar-refractivity contribution in [2.45, 2.75) is 25.4 Å². The summed E-state index contributed by atoms with van der Waals surface area (Å²) < 4.78 is 0. The maximum Gasteiger partial charge on any atom is 0.330 e. The van der Waals surface area contributed by atoms with Gasteiger partial charge in [-0.3, -0.25) is 9.59 Å². The van der Waals surface area contributed by atoms with E-state index in [1.54, 1.807) is 19.1 Å². The summed E-state index contributed by atoms with van der Waals surface area (Å²) in [4.78, 5) is 37.9. The maximum atomic E-state index is 12.6. The molecule has 2 amide bonds. The van der Waals surface area contributed by atoms with Gasteiger partial charge in [0.25, 0.3) is 0 Å². The number of rotatable bonds is 5. The highest BCUT2D eigenvalue weighted by atomic mass is 32.2. The van der Waals surface area contributed by atoms with E-state index in [2.05, 4.69) is 5.32 Å². The fourth-order valence-corrected chi connectivity index (χ4v) is 4.20. The van der Waals surface area contributed by atoms with Crippen molar-refractivity contribution in [3.05, 3.63) is 48.0 Å². The molecule has 2 aromatic carbocycles. The van der Waals surface area contributed by atoms with Gasteiger partial charge in [0, 0.05) is 12.2 Å². The Hall–Kier alpha value is -2.54. The number of carboxylic acid groups (broad SMARTS) is 1. The number of hydrogen-bond donors (Lipinski definition) is 2. The van der Waals surface area contributed by atoms with Crippen LogP contribution in [0.3, 0.4) is 0 Å². The Bertz CT molecular complexity index is 854. The molecular formula is C19H20N2O4S. The fourth-order valence-electron chi connectivity index (χ4n) is 3.02. The molecule has 0 aromatic heterocycles. The summed E-state index contributed by atoms with van der Waals surface area (Å²) >= 11 is 1.49. The number of carbonyl (C=O) groups is 3. The van der Waals surface area contributed by atoms with Gasteiger partial charge in [0.1, 0.15) is 6.04 Å². The third-order valence-corrected chi connectivity index (χ3v) is 5.46. The van der Waals surface area contributed by atoms with E-state index in [0.29, 0.717) is 23.6 Å². The Labute approximate surface area is 155 Å². The first-order valence-electron chi connectivity index (χ1n) is 8.40. The van der Waals surface area contributed by atoms with Crippen molar-refractivity contribution in [3.63, 3.8) is 0 Å². The summed E-state index contributed by atoms with van der Waals surface area (Å²) in [6, 6.07) is 11.2. The molecule has 1 saturated heterocycles. The first-order valence-corrected chi connectivity index (χ1v) is 9.56. The molecule has 136 valence electrons. The molecule has 2 aromatic rings. The Balaban J connectivity index is 1.82. The Kier molecular flexibility index (Phi) is 5.46. The molecule has 2 unspecified atom stereocenters. The van der Waals surface area contributed by atoms with Crippen LogP contribution in [0.25, 0.3) is 10.8 Å². The first kappa shape index (κ1) is 18.3. The zero-order valence-electron chi connectivity index (χ0n) is 14.3. The predicted octanol–water partition coefficient (Wildman–Crippen LogP) is 2.39. The van der Waals surface area contributed by atoms with Crippen molar-refractivity contribution < 1.29 is 19.5 Å². The van der Waals surface area contributed by atoms with Gasteiger partial charge in [0.15, 0.2) is 6.04 Å². The van der Waals surface area contributed by atoms with Gasteiger partial charge in [-0.25, -0.2) is 4.79 Å². The minimum Gasteiger partial charge on any atom is -0.479 e. The average Bonchev–Trinajstić information content (AvgIpc) is 3.14. The van der Waals surface area contributed by atoms with Crippen molar-refractivity contribution in [1.29, 1.82) is 0 Å². The smallest absolute Gasteiger partial charge is 0.330 e. The van der Waals surface area contributed by atoms with Gasteiger partial charge in [-0.1, -0.05) is 43.3 Å². The zero-order chi connectivity index (χ0) is 18.7. The molecule has 1 aliphatic heterocycles. The van der Waals surface area contributed by atoms with E-state index in [1.807, 2.05) is 30.3 Å². The number of aliphatic carboxylic acids is 1. The molecule has 0 bridgehead atoms. The number of hydrogen-bond acceptors (Lipinski definition) is 4. The highest BCUT2D eigenvalue weighted by molar-refractivity contribution is 7.99. The van der Waals surface area contributed by atoms with Gasteiger partial charge in [-0.2, -0.15) is 0 Å². The van der Waals surface area contributed by atoms with Gasteiger partial charge >= 0.3 is 5.97 Å². The van der Waals surface area contributed by atoms with Gasteiger partial charge in [0.05, 0.1) is 5.88 Å².